The van der Waals surface area contributed by atoms with Crippen molar-refractivity contribution in [2.75, 3.05) is 20.2 Å². The molecule has 1 fully saturated rings. The van der Waals surface area contributed by atoms with E-state index in [9.17, 15) is 9.90 Å². The second-order valence-corrected chi connectivity index (χ2v) is 5.61. The predicted molar refractivity (Wildman–Crippen MR) is 74.6 cm³/mol. The zero-order valence-corrected chi connectivity index (χ0v) is 12.5. The molecule has 0 aliphatic carbocycles. The Morgan fingerprint density at radius 3 is 2.80 bits per heavy atom. The lowest BCUT2D eigenvalue weighted by atomic mass is 10.0. The molecule has 2 rings (SSSR count). The number of aliphatic hydroxyl groups excluding tert-OH is 1. The van der Waals surface area contributed by atoms with Gasteiger partial charge in [-0.1, -0.05) is 0 Å². The highest BCUT2D eigenvalue weighted by Crippen LogP contribution is 2.31. The lowest BCUT2D eigenvalue weighted by molar-refractivity contribution is 0.0558. The van der Waals surface area contributed by atoms with Crippen LogP contribution in [0.15, 0.2) is 10.5 Å². The number of aliphatic hydroxyl groups is 1. The number of likely N-dealkylation sites (tertiary alicyclic amines) is 1. The van der Waals surface area contributed by atoms with Gasteiger partial charge in [-0.2, -0.15) is 0 Å². The van der Waals surface area contributed by atoms with Crippen LogP contribution in [-0.2, 0) is 4.74 Å². The summed E-state index contributed by atoms with van der Waals surface area (Å²) in [5, 5.41) is 9.66. The number of carbonyl (C=O) groups is 1. The second kappa shape index (κ2) is 5.97. The molecule has 5 heteroatoms. The minimum atomic E-state index is -0.441. The van der Waals surface area contributed by atoms with Crippen LogP contribution in [0.5, 0.6) is 0 Å². The molecule has 1 aromatic rings. The van der Waals surface area contributed by atoms with Gasteiger partial charge in [-0.3, -0.25) is 4.90 Å². The number of aryl methyl sites for hydroxylation is 1. The highest BCUT2D eigenvalue weighted by atomic mass is 16.5. The first-order chi connectivity index (χ1) is 9.43. The normalized spacial score (nSPS) is 22.8. The molecule has 0 aromatic carbocycles. The lowest BCUT2D eigenvalue weighted by Gasteiger charge is -2.23. The molecule has 1 aliphatic heterocycles. The minimum Gasteiger partial charge on any atom is -0.463 e. The van der Waals surface area contributed by atoms with E-state index in [4.69, 9.17) is 9.15 Å². The van der Waals surface area contributed by atoms with Crippen molar-refractivity contribution in [1.82, 2.24) is 4.90 Å². The molecule has 112 valence electrons. The van der Waals surface area contributed by atoms with Crippen molar-refractivity contribution in [3.05, 3.63) is 23.2 Å². The zero-order chi connectivity index (χ0) is 14.9. The van der Waals surface area contributed by atoms with Gasteiger partial charge >= 0.3 is 5.97 Å². The summed E-state index contributed by atoms with van der Waals surface area (Å²) in [6.45, 7) is 7.53. The standard InChI is InChI=1S/C15H23NO4/c1-9-7-13(20-14(9)15(18)19-4)10(2)16-6-5-12(8-16)11(3)17/h7,10-12,17H,5-6,8H2,1-4H3. The van der Waals surface area contributed by atoms with E-state index < -0.39 is 5.97 Å². The number of esters is 1. The Bertz CT molecular complexity index is 480. The Kier molecular flexibility index (Phi) is 4.50. The highest BCUT2D eigenvalue weighted by molar-refractivity contribution is 5.87. The zero-order valence-electron chi connectivity index (χ0n) is 12.5. The van der Waals surface area contributed by atoms with Gasteiger partial charge in [0.15, 0.2) is 0 Å². The first kappa shape index (κ1) is 15.1. The molecule has 1 N–H and O–H groups in total. The van der Waals surface area contributed by atoms with Crippen molar-refractivity contribution in [2.24, 2.45) is 5.92 Å². The van der Waals surface area contributed by atoms with Crippen molar-refractivity contribution < 1.29 is 19.1 Å². The molecule has 0 amide bonds. The van der Waals surface area contributed by atoms with Crippen molar-refractivity contribution in [3.63, 3.8) is 0 Å². The second-order valence-electron chi connectivity index (χ2n) is 5.61. The van der Waals surface area contributed by atoms with Crippen LogP contribution in [-0.4, -0.2) is 42.3 Å². The Labute approximate surface area is 119 Å². The molecule has 1 aromatic heterocycles. The van der Waals surface area contributed by atoms with E-state index in [-0.39, 0.29) is 17.9 Å². The summed E-state index contributed by atoms with van der Waals surface area (Å²) < 4.78 is 10.4. The van der Waals surface area contributed by atoms with Crippen LogP contribution < -0.4 is 0 Å². The van der Waals surface area contributed by atoms with Gasteiger partial charge in [0, 0.05) is 12.1 Å². The fourth-order valence-electron chi connectivity index (χ4n) is 2.75. The number of furan rings is 1. The number of hydrogen-bond donors (Lipinski definition) is 1. The predicted octanol–water partition coefficient (Wildman–Crippen LogP) is 2.14. The molecular weight excluding hydrogens is 258 g/mol. The molecule has 1 aliphatic rings. The molecule has 5 nitrogen and oxygen atoms in total. The van der Waals surface area contributed by atoms with E-state index >= 15 is 0 Å². The van der Waals surface area contributed by atoms with E-state index in [0.29, 0.717) is 5.92 Å². The third kappa shape index (κ3) is 2.88. The molecule has 20 heavy (non-hydrogen) atoms. The number of ether oxygens (including phenoxy) is 1. The monoisotopic (exact) mass is 281 g/mol. The molecule has 0 saturated carbocycles. The molecule has 0 radical (unpaired) electrons. The summed E-state index contributed by atoms with van der Waals surface area (Å²) in [6.07, 6.45) is 0.710. The topological polar surface area (TPSA) is 62.9 Å². The van der Waals surface area contributed by atoms with Crippen LogP contribution in [0.1, 0.15) is 48.2 Å². The number of nitrogens with zero attached hydrogens (tertiary/aromatic N) is 1. The van der Waals surface area contributed by atoms with Gasteiger partial charge in [0.05, 0.1) is 19.3 Å². The first-order valence-corrected chi connectivity index (χ1v) is 7.04. The maximum atomic E-state index is 11.6. The largest absolute Gasteiger partial charge is 0.463 e. The van der Waals surface area contributed by atoms with Gasteiger partial charge in [-0.25, -0.2) is 4.79 Å². The van der Waals surface area contributed by atoms with Crippen LogP contribution in [0.25, 0.3) is 0 Å². The maximum Gasteiger partial charge on any atom is 0.374 e. The van der Waals surface area contributed by atoms with Gasteiger partial charge in [-0.15, -0.1) is 0 Å². The Morgan fingerprint density at radius 1 is 1.55 bits per heavy atom. The molecule has 3 unspecified atom stereocenters. The molecular formula is C15H23NO4. The highest BCUT2D eigenvalue weighted by Gasteiger charge is 2.31. The number of rotatable bonds is 4. The van der Waals surface area contributed by atoms with Crippen LogP contribution in [0.4, 0.5) is 0 Å². The van der Waals surface area contributed by atoms with E-state index in [2.05, 4.69) is 11.8 Å². The summed E-state index contributed by atoms with van der Waals surface area (Å²) in [7, 11) is 1.35. The number of hydrogen-bond acceptors (Lipinski definition) is 5. The van der Waals surface area contributed by atoms with Crippen molar-refractivity contribution in [3.8, 4) is 0 Å². The fourth-order valence-corrected chi connectivity index (χ4v) is 2.75. The van der Waals surface area contributed by atoms with E-state index in [0.717, 1.165) is 30.8 Å². The number of methoxy groups -OCH3 is 1. The van der Waals surface area contributed by atoms with Crippen molar-refractivity contribution in [1.29, 1.82) is 0 Å². The van der Waals surface area contributed by atoms with Crippen molar-refractivity contribution >= 4 is 5.97 Å². The molecule has 0 bridgehead atoms. The van der Waals surface area contributed by atoms with E-state index in [1.807, 2.05) is 19.9 Å². The minimum absolute atomic E-state index is 0.0934. The molecule has 0 spiro atoms. The summed E-state index contributed by atoms with van der Waals surface area (Å²) in [5.74, 6) is 0.924. The summed E-state index contributed by atoms with van der Waals surface area (Å²) in [5.41, 5.74) is 0.796. The summed E-state index contributed by atoms with van der Waals surface area (Å²) >= 11 is 0. The van der Waals surface area contributed by atoms with Gasteiger partial charge in [0.25, 0.3) is 0 Å². The number of carbonyl (C=O) groups excluding carboxylic acids is 1. The Morgan fingerprint density at radius 2 is 2.25 bits per heavy atom. The fraction of sp³-hybridized carbons (Fsp3) is 0.667. The lowest BCUT2D eigenvalue weighted by Crippen LogP contribution is -2.26. The smallest absolute Gasteiger partial charge is 0.374 e. The van der Waals surface area contributed by atoms with Gasteiger partial charge < -0.3 is 14.3 Å². The Hall–Kier alpha value is -1.33. The maximum absolute atomic E-state index is 11.6. The van der Waals surface area contributed by atoms with Gasteiger partial charge in [-0.05, 0) is 45.7 Å². The summed E-state index contributed by atoms with van der Waals surface area (Å²) in [4.78, 5) is 13.8. The SMILES string of the molecule is COC(=O)c1oc(C(C)N2CCC(C(C)O)C2)cc1C. The molecule has 3 atom stereocenters. The average Bonchev–Trinajstić information content (AvgIpc) is 3.03. The first-order valence-electron chi connectivity index (χ1n) is 7.04. The van der Waals surface area contributed by atoms with Crippen LogP contribution in [0.2, 0.25) is 0 Å². The van der Waals surface area contributed by atoms with E-state index in [1.165, 1.54) is 7.11 Å². The third-order valence-electron chi connectivity index (χ3n) is 4.21. The average molecular weight is 281 g/mol. The van der Waals surface area contributed by atoms with Gasteiger partial charge in [0.2, 0.25) is 5.76 Å². The molecule has 2 heterocycles. The summed E-state index contributed by atoms with van der Waals surface area (Å²) in [6, 6.07) is 1.99. The quantitative estimate of drug-likeness (QED) is 0.857. The van der Waals surface area contributed by atoms with Crippen LogP contribution in [0.3, 0.4) is 0 Å². The van der Waals surface area contributed by atoms with Crippen LogP contribution in [0, 0.1) is 12.8 Å². The third-order valence-corrected chi connectivity index (χ3v) is 4.21. The Balaban J connectivity index is 2.10. The van der Waals surface area contributed by atoms with Crippen LogP contribution >= 0.6 is 0 Å². The molecule has 1 saturated heterocycles. The van der Waals surface area contributed by atoms with Crippen molar-refractivity contribution in [2.45, 2.75) is 39.3 Å². The van der Waals surface area contributed by atoms with E-state index in [1.54, 1.807) is 0 Å². The van der Waals surface area contributed by atoms with Gasteiger partial charge in [0.1, 0.15) is 5.76 Å².